The molecule has 0 spiro atoms. The summed E-state index contributed by atoms with van der Waals surface area (Å²) in [5, 5.41) is 13.3. The number of carbonyl (C=O) groups is 1. The van der Waals surface area contributed by atoms with Crippen molar-refractivity contribution in [3.63, 3.8) is 0 Å². The van der Waals surface area contributed by atoms with Crippen LogP contribution in [-0.2, 0) is 0 Å². The number of nitrogens with one attached hydrogen (secondary N) is 1. The highest BCUT2D eigenvalue weighted by Gasteiger charge is 2.18. The van der Waals surface area contributed by atoms with Gasteiger partial charge in [-0.3, -0.25) is 14.9 Å². The van der Waals surface area contributed by atoms with E-state index in [0.29, 0.717) is 0 Å². The van der Waals surface area contributed by atoms with E-state index < -0.39 is 16.6 Å². The van der Waals surface area contributed by atoms with Crippen LogP contribution in [0.3, 0.4) is 0 Å². The molecule has 0 aliphatic heterocycles. The summed E-state index contributed by atoms with van der Waals surface area (Å²) in [5.74, 6) is -1.33. The van der Waals surface area contributed by atoms with Gasteiger partial charge in [0, 0.05) is 11.8 Å². The Morgan fingerprint density at radius 2 is 2.00 bits per heavy atom. The number of hydrogen-bond acceptors (Lipinski definition) is 4. The molecule has 7 heteroatoms. The van der Waals surface area contributed by atoms with Gasteiger partial charge in [0.05, 0.1) is 10.5 Å². The second-order valence-corrected chi connectivity index (χ2v) is 4.46. The minimum Gasteiger partial charge on any atom is -0.398 e. The average molecular weight is 289 g/mol. The number of nitro benzene ring substituents is 1. The summed E-state index contributed by atoms with van der Waals surface area (Å²) in [5.41, 5.74) is 6.15. The van der Waals surface area contributed by atoms with Crippen LogP contribution in [0, 0.1) is 22.9 Å². The summed E-state index contributed by atoms with van der Waals surface area (Å²) < 4.78 is 13.2. The molecule has 0 unspecified atom stereocenters. The van der Waals surface area contributed by atoms with Crippen molar-refractivity contribution in [2.45, 2.75) is 6.92 Å². The van der Waals surface area contributed by atoms with Crippen molar-refractivity contribution < 1.29 is 14.1 Å². The minimum atomic E-state index is -0.708. The van der Waals surface area contributed by atoms with Crippen molar-refractivity contribution >= 4 is 23.0 Å². The van der Waals surface area contributed by atoms with Crippen LogP contribution in [-0.4, -0.2) is 10.8 Å². The third-order valence-electron chi connectivity index (χ3n) is 2.86. The second-order valence-electron chi connectivity index (χ2n) is 4.46. The maximum atomic E-state index is 13.2. The van der Waals surface area contributed by atoms with Crippen molar-refractivity contribution in [1.29, 1.82) is 0 Å². The van der Waals surface area contributed by atoms with Crippen LogP contribution in [0.5, 0.6) is 0 Å². The summed E-state index contributed by atoms with van der Waals surface area (Å²) in [7, 11) is 0. The van der Waals surface area contributed by atoms with E-state index in [1.54, 1.807) is 13.0 Å². The number of nitro groups is 1. The van der Waals surface area contributed by atoms with Crippen LogP contribution in [0.15, 0.2) is 36.4 Å². The molecule has 0 radical (unpaired) electrons. The first-order valence-corrected chi connectivity index (χ1v) is 6.00. The predicted molar refractivity (Wildman–Crippen MR) is 76.6 cm³/mol. The van der Waals surface area contributed by atoms with E-state index in [9.17, 15) is 19.3 Å². The van der Waals surface area contributed by atoms with Gasteiger partial charge in [0.1, 0.15) is 11.5 Å². The number of carbonyl (C=O) groups excluding carboxylic acids is 1. The lowest BCUT2D eigenvalue weighted by Crippen LogP contribution is -2.15. The van der Waals surface area contributed by atoms with E-state index in [-0.39, 0.29) is 22.6 Å². The van der Waals surface area contributed by atoms with Crippen LogP contribution in [0.2, 0.25) is 0 Å². The Morgan fingerprint density at radius 3 is 2.67 bits per heavy atom. The molecular weight excluding hydrogens is 277 g/mol. The van der Waals surface area contributed by atoms with Crippen molar-refractivity contribution in [3.05, 3.63) is 63.5 Å². The number of nitrogens with two attached hydrogens (primary N) is 1. The average Bonchev–Trinajstić information content (AvgIpc) is 2.41. The number of benzene rings is 2. The second kappa shape index (κ2) is 5.58. The maximum Gasteiger partial charge on any atom is 0.292 e. The molecular formula is C14H12FN3O3. The van der Waals surface area contributed by atoms with E-state index in [2.05, 4.69) is 5.32 Å². The van der Waals surface area contributed by atoms with Crippen molar-refractivity contribution in [2.24, 2.45) is 0 Å². The Hall–Kier alpha value is -2.96. The van der Waals surface area contributed by atoms with Gasteiger partial charge in [-0.05, 0) is 36.8 Å². The maximum absolute atomic E-state index is 13.2. The zero-order valence-electron chi connectivity index (χ0n) is 11.1. The molecule has 0 atom stereocenters. The summed E-state index contributed by atoms with van der Waals surface area (Å²) in [6, 6.07) is 7.68. The van der Waals surface area contributed by atoms with Gasteiger partial charge in [-0.1, -0.05) is 6.07 Å². The van der Waals surface area contributed by atoms with Crippen LogP contribution < -0.4 is 11.1 Å². The molecule has 6 nitrogen and oxygen atoms in total. The summed E-state index contributed by atoms with van der Waals surface area (Å²) in [4.78, 5) is 22.4. The number of amides is 1. The predicted octanol–water partition coefficient (Wildman–Crippen LogP) is 2.88. The van der Waals surface area contributed by atoms with Crippen molar-refractivity contribution in [2.75, 3.05) is 11.1 Å². The molecule has 0 aliphatic rings. The normalized spacial score (nSPS) is 10.2. The highest BCUT2D eigenvalue weighted by Crippen LogP contribution is 2.26. The Kier molecular flexibility index (Phi) is 3.84. The van der Waals surface area contributed by atoms with Gasteiger partial charge in [0.2, 0.25) is 0 Å². The fourth-order valence-electron chi connectivity index (χ4n) is 1.82. The Labute approximate surface area is 119 Å². The number of nitrogen functional groups attached to an aromatic ring is 1. The molecule has 1 amide bonds. The Bertz CT molecular complexity index is 731. The zero-order chi connectivity index (χ0) is 15.6. The largest absolute Gasteiger partial charge is 0.398 e. The number of nitrogens with zero attached hydrogens (tertiary/aromatic N) is 1. The lowest BCUT2D eigenvalue weighted by molar-refractivity contribution is -0.383. The zero-order valence-corrected chi connectivity index (χ0v) is 11.1. The van der Waals surface area contributed by atoms with Crippen LogP contribution in [0.25, 0.3) is 0 Å². The molecule has 0 bridgehead atoms. The van der Waals surface area contributed by atoms with Gasteiger partial charge in [0.25, 0.3) is 11.6 Å². The third kappa shape index (κ3) is 3.14. The van der Waals surface area contributed by atoms with Crippen LogP contribution >= 0.6 is 0 Å². The summed E-state index contributed by atoms with van der Waals surface area (Å²) in [6.07, 6.45) is 0. The monoisotopic (exact) mass is 289 g/mol. The molecule has 0 heterocycles. The fraction of sp³-hybridized carbons (Fsp3) is 0.0714. The molecule has 0 aromatic heterocycles. The molecule has 3 N–H and O–H groups in total. The molecule has 0 fully saturated rings. The van der Waals surface area contributed by atoms with Crippen molar-refractivity contribution in [1.82, 2.24) is 0 Å². The molecule has 2 aromatic carbocycles. The third-order valence-corrected chi connectivity index (χ3v) is 2.86. The van der Waals surface area contributed by atoms with E-state index in [1.165, 1.54) is 18.2 Å². The SMILES string of the molecule is Cc1ccc([N+](=O)[O-])c(NC(=O)c2cc(F)ccc2N)c1. The topological polar surface area (TPSA) is 98.3 Å². The summed E-state index contributed by atoms with van der Waals surface area (Å²) >= 11 is 0. The van der Waals surface area contributed by atoms with Gasteiger partial charge < -0.3 is 11.1 Å². The van der Waals surface area contributed by atoms with E-state index in [0.717, 1.165) is 17.7 Å². The van der Waals surface area contributed by atoms with Gasteiger partial charge in [-0.15, -0.1) is 0 Å². The fourth-order valence-corrected chi connectivity index (χ4v) is 1.82. The first-order chi connectivity index (χ1) is 9.88. The molecule has 2 aromatic rings. The number of anilines is 2. The van der Waals surface area contributed by atoms with Gasteiger partial charge in [0.15, 0.2) is 0 Å². The number of rotatable bonds is 3. The molecule has 108 valence electrons. The number of aryl methyl sites for hydroxylation is 1. The first kappa shape index (κ1) is 14.4. The lowest BCUT2D eigenvalue weighted by atomic mass is 10.1. The molecule has 0 aliphatic carbocycles. The van der Waals surface area contributed by atoms with E-state index in [4.69, 9.17) is 5.73 Å². The first-order valence-electron chi connectivity index (χ1n) is 6.00. The quantitative estimate of drug-likeness (QED) is 0.515. The Morgan fingerprint density at radius 1 is 1.29 bits per heavy atom. The highest BCUT2D eigenvalue weighted by molar-refractivity contribution is 6.08. The number of hydrogen-bond donors (Lipinski definition) is 2. The molecule has 0 saturated heterocycles. The van der Waals surface area contributed by atoms with Gasteiger partial charge in [-0.25, -0.2) is 4.39 Å². The van der Waals surface area contributed by atoms with Crippen molar-refractivity contribution in [3.8, 4) is 0 Å². The minimum absolute atomic E-state index is 0.0358. The Balaban J connectivity index is 2.38. The van der Waals surface area contributed by atoms with Gasteiger partial charge >= 0.3 is 0 Å². The van der Waals surface area contributed by atoms with Crippen LogP contribution in [0.4, 0.5) is 21.5 Å². The number of halogens is 1. The molecule has 2 rings (SSSR count). The molecule has 21 heavy (non-hydrogen) atoms. The summed E-state index contributed by atoms with van der Waals surface area (Å²) in [6.45, 7) is 1.73. The lowest BCUT2D eigenvalue weighted by Gasteiger charge is -2.09. The van der Waals surface area contributed by atoms with Crippen LogP contribution in [0.1, 0.15) is 15.9 Å². The highest BCUT2D eigenvalue weighted by atomic mass is 19.1. The standard InChI is InChI=1S/C14H12FN3O3/c1-8-2-5-13(18(20)21)12(6-8)17-14(19)10-7-9(15)3-4-11(10)16/h2-7H,16H2,1H3,(H,17,19). The van der Waals surface area contributed by atoms with E-state index >= 15 is 0 Å². The van der Waals surface area contributed by atoms with Gasteiger partial charge in [-0.2, -0.15) is 0 Å². The smallest absolute Gasteiger partial charge is 0.292 e. The molecule has 0 saturated carbocycles. The van der Waals surface area contributed by atoms with E-state index in [1.807, 2.05) is 0 Å².